The Labute approximate surface area is 342 Å². The molecule has 1 amide bonds. The van der Waals surface area contributed by atoms with Gasteiger partial charge in [-0.05, 0) is 12.8 Å². The summed E-state index contributed by atoms with van der Waals surface area (Å²) in [5, 5.41) is 21.8. The number of carbonyl (C=O) groups is 3. The Morgan fingerprint density at radius 2 is 0.821 bits per heavy atom. The molecule has 0 aliphatic heterocycles. The normalized spacial score (nSPS) is 13.6. The van der Waals surface area contributed by atoms with Crippen molar-refractivity contribution in [2.75, 3.05) is 19.8 Å². The first kappa shape index (κ1) is 54.5. The quantitative estimate of drug-likeness (QED) is 0.0264. The predicted octanol–water partition coefficient (Wildman–Crippen LogP) is 11.9. The van der Waals surface area contributed by atoms with E-state index in [1.165, 1.54) is 154 Å². The highest BCUT2D eigenvalue weighted by atomic mass is 31.2. The van der Waals surface area contributed by atoms with E-state index in [-0.39, 0.29) is 12.8 Å². The van der Waals surface area contributed by atoms with Crippen LogP contribution in [0.3, 0.4) is 0 Å². The predicted molar refractivity (Wildman–Crippen MR) is 227 cm³/mol. The molecule has 0 aliphatic carbocycles. The lowest BCUT2D eigenvalue weighted by Gasteiger charge is -2.18. The Kier molecular flexibility index (Phi) is 39.2. The highest BCUT2D eigenvalue weighted by Gasteiger charge is 2.28. The number of hydrogen-bond acceptors (Lipinski definition) is 8. The standard InChI is InChI=1S/C44H86NO10P/c1-3-5-7-9-11-13-14-15-16-17-18-19-20-21-22-23-24-25-26-28-30-32-34-36-43(48)53-37-40(46)38-54-56(51,52)55-39-41(44(49)50)45-42(47)35-33-31-29-27-12-10-8-6-4-2/h40-41,46H,3-39H2,1-2H3,(H,45,47)(H,49,50)(H,51,52). The summed E-state index contributed by atoms with van der Waals surface area (Å²) in [6, 6.07) is -1.54. The van der Waals surface area contributed by atoms with E-state index in [9.17, 15) is 34.1 Å². The third kappa shape index (κ3) is 39.3. The fourth-order valence-electron chi connectivity index (χ4n) is 6.79. The molecule has 0 rings (SSSR count). The van der Waals surface area contributed by atoms with Gasteiger partial charge in [-0.25, -0.2) is 9.36 Å². The molecule has 4 N–H and O–H groups in total. The second kappa shape index (κ2) is 40.3. The summed E-state index contributed by atoms with van der Waals surface area (Å²) >= 11 is 0. The van der Waals surface area contributed by atoms with Gasteiger partial charge in [0.15, 0.2) is 6.04 Å². The van der Waals surface area contributed by atoms with Crippen LogP contribution in [0.4, 0.5) is 0 Å². The molecule has 0 saturated heterocycles. The van der Waals surface area contributed by atoms with Crippen LogP contribution in [-0.2, 0) is 32.7 Å². The van der Waals surface area contributed by atoms with Crippen molar-refractivity contribution in [1.82, 2.24) is 5.32 Å². The number of unbranched alkanes of at least 4 members (excludes halogenated alkanes) is 30. The van der Waals surface area contributed by atoms with E-state index >= 15 is 0 Å². The number of nitrogens with one attached hydrogen (secondary N) is 1. The van der Waals surface area contributed by atoms with Crippen LogP contribution in [0.2, 0.25) is 0 Å². The molecule has 3 unspecified atom stereocenters. The van der Waals surface area contributed by atoms with Crippen LogP contribution in [0.15, 0.2) is 0 Å². The number of esters is 1. The van der Waals surface area contributed by atoms with Crippen LogP contribution in [0, 0.1) is 0 Å². The number of carboxylic acids is 1. The summed E-state index contributed by atoms with van der Waals surface area (Å²) in [5.41, 5.74) is 0. The molecular formula is C44H86NO10P. The Morgan fingerprint density at radius 1 is 0.500 bits per heavy atom. The SMILES string of the molecule is CCCCCCCCCCCCCCCCCCCCCCCCCC(=O)OCC(O)COP(=O)(O)OCC(NC(=O)CCCCCCCCCCC)C(=O)O. The van der Waals surface area contributed by atoms with Gasteiger partial charge in [0.2, 0.25) is 5.91 Å². The van der Waals surface area contributed by atoms with Crippen LogP contribution < -0.4 is 5.32 Å². The van der Waals surface area contributed by atoms with E-state index in [2.05, 4.69) is 19.2 Å². The smallest absolute Gasteiger partial charge is 0.472 e. The summed E-state index contributed by atoms with van der Waals surface area (Å²) in [4.78, 5) is 45.7. The number of aliphatic carboxylic acids is 1. The first-order valence-electron chi connectivity index (χ1n) is 23.1. The van der Waals surface area contributed by atoms with Gasteiger partial charge < -0.3 is 25.2 Å². The van der Waals surface area contributed by atoms with E-state index in [1.807, 2.05) is 0 Å². The minimum Gasteiger partial charge on any atom is -0.480 e. The number of amides is 1. The van der Waals surface area contributed by atoms with Crippen molar-refractivity contribution in [2.24, 2.45) is 0 Å². The number of phosphoric acid groups is 1. The van der Waals surface area contributed by atoms with E-state index in [0.717, 1.165) is 38.5 Å². The Balaban J connectivity index is 3.73. The lowest BCUT2D eigenvalue weighted by Crippen LogP contribution is -2.43. The van der Waals surface area contributed by atoms with Crippen molar-refractivity contribution >= 4 is 25.7 Å². The Bertz CT molecular complexity index is 968. The van der Waals surface area contributed by atoms with Crippen molar-refractivity contribution < 1.29 is 47.8 Å². The highest BCUT2D eigenvalue weighted by molar-refractivity contribution is 7.47. The fraction of sp³-hybridized carbons (Fsp3) is 0.932. The van der Waals surface area contributed by atoms with Crippen molar-refractivity contribution in [1.29, 1.82) is 0 Å². The van der Waals surface area contributed by atoms with Gasteiger partial charge in [-0.3, -0.25) is 18.6 Å². The maximum absolute atomic E-state index is 12.2. The molecule has 0 spiro atoms. The van der Waals surface area contributed by atoms with Crippen LogP contribution >= 0.6 is 7.82 Å². The molecule has 0 saturated carbocycles. The third-order valence-electron chi connectivity index (χ3n) is 10.4. The zero-order chi connectivity index (χ0) is 41.4. The van der Waals surface area contributed by atoms with Gasteiger partial charge in [0.1, 0.15) is 12.7 Å². The molecule has 0 radical (unpaired) electrons. The molecule has 332 valence electrons. The van der Waals surface area contributed by atoms with E-state index in [0.29, 0.717) is 12.8 Å². The maximum Gasteiger partial charge on any atom is 0.472 e. The van der Waals surface area contributed by atoms with Gasteiger partial charge in [0.05, 0.1) is 13.2 Å². The zero-order valence-corrected chi connectivity index (χ0v) is 36.9. The lowest BCUT2D eigenvalue weighted by molar-refractivity contribution is -0.147. The largest absolute Gasteiger partial charge is 0.480 e. The molecule has 0 aromatic carbocycles. The molecule has 0 aromatic heterocycles. The number of carboxylic acid groups (broad SMARTS) is 1. The van der Waals surface area contributed by atoms with Crippen molar-refractivity contribution in [3.63, 3.8) is 0 Å². The van der Waals surface area contributed by atoms with Gasteiger partial charge in [-0.1, -0.05) is 206 Å². The van der Waals surface area contributed by atoms with Gasteiger partial charge >= 0.3 is 19.8 Å². The summed E-state index contributed by atoms with van der Waals surface area (Å²) in [5.74, 6) is -2.36. The molecule has 11 nitrogen and oxygen atoms in total. The number of carbonyl (C=O) groups excluding carboxylic acids is 2. The minimum atomic E-state index is -4.74. The highest BCUT2D eigenvalue weighted by Crippen LogP contribution is 2.43. The first-order valence-corrected chi connectivity index (χ1v) is 24.6. The van der Waals surface area contributed by atoms with Crippen LogP contribution in [0.5, 0.6) is 0 Å². The van der Waals surface area contributed by atoms with Gasteiger partial charge in [-0.15, -0.1) is 0 Å². The molecule has 12 heteroatoms. The number of phosphoric ester groups is 1. The van der Waals surface area contributed by atoms with Gasteiger partial charge in [-0.2, -0.15) is 0 Å². The molecule has 0 aliphatic rings. The summed E-state index contributed by atoms with van der Waals surface area (Å²) in [6.45, 7) is 2.59. The zero-order valence-electron chi connectivity index (χ0n) is 36.0. The number of rotatable bonds is 44. The Morgan fingerprint density at radius 3 is 1.18 bits per heavy atom. The summed E-state index contributed by atoms with van der Waals surface area (Å²) in [6.07, 6.45) is 38.7. The second-order valence-corrected chi connectivity index (χ2v) is 17.4. The van der Waals surface area contributed by atoms with Crippen LogP contribution in [-0.4, -0.2) is 64.9 Å². The number of ether oxygens (including phenoxy) is 1. The van der Waals surface area contributed by atoms with Crippen molar-refractivity contribution in [3.8, 4) is 0 Å². The number of aliphatic hydroxyl groups is 1. The first-order chi connectivity index (χ1) is 27.1. The summed E-state index contributed by atoms with van der Waals surface area (Å²) < 4.78 is 26.8. The molecule has 3 atom stereocenters. The third-order valence-corrected chi connectivity index (χ3v) is 11.3. The molecule has 0 bridgehead atoms. The second-order valence-electron chi connectivity index (χ2n) is 16.0. The number of aliphatic hydroxyl groups excluding tert-OH is 1. The van der Waals surface area contributed by atoms with Crippen molar-refractivity contribution in [3.05, 3.63) is 0 Å². The average Bonchev–Trinajstić information content (AvgIpc) is 3.17. The topological polar surface area (TPSA) is 169 Å². The van der Waals surface area contributed by atoms with E-state index in [4.69, 9.17) is 13.8 Å². The summed E-state index contributed by atoms with van der Waals surface area (Å²) in [7, 11) is -4.74. The van der Waals surface area contributed by atoms with Gasteiger partial charge in [0, 0.05) is 12.8 Å². The van der Waals surface area contributed by atoms with E-state index < -0.39 is 57.6 Å². The Hall–Kier alpha value is -1.52. The molecule has 0 heterocycles. The minimum absolute atomic E-state index is 0.150. The van der Waals surface area contributed by atoms with E-state index in [1.54, 1.807) is 0 Å². The fourth-order valence-corrected chi connectivity index (χ4v) is 7.56. The lowest BCUT2D eigenvalue weighted by atomic mass is 10.0. The molecule has 0 fully saturated rings. The van der Waals surface area contributed by atoms with Gasteiger partial charge in [0.25, 0.3) is 0 Å². The van der Waals surface area contributed by atoms with Crippen molar-refractivity contribution in [2.45, 2.75) is 244 Å². The average molecular weight is 820 g/mol. The monoisotopic (exact) mass is 820 g/mol. The number of hydrogen-bond donors (Lipinski definition) is 4. The molecular weight excluding hydrogens is 733 g/mol. The van der Waals surface area contributed by atoms with Crippen LogP contribution in [0.25, 0.3) is 0 Å². The molecule has 0 aromatic rings. The maximum atomic E-state index is 12.2. The molecule has 56 heavy (non-hydrogen) atoms. The van der Waals surface area contributed by atoms with Crippen LogP contribution in [0.1, 0.15) is 232 Å².